The molecule has 3 nitrogen and oxygen atoms in total. The van der Waals surface area contributed by atoms with Crippen LogP contribution in [0, 0.1) is 23.7 Å². The van der Waals surface area contributed by atoms with E-state index in [1.54, 1.807) is 24.3 Å². The second kappa shape index (κ2) is 5.99. The Hall–Kier alpha value is -3.30. The first-order valence-corrected chi connectivity index (χ1v) is 6.76. The van der Waals surface area contributed by atoms with Crippen LogP contribution in [0.2, 0.25) is 0 Å². The Bertz CT molecular complexity index is 826. The second-order valence-corrected chi connectivity index (χ2v) is 4.66. The van der Waals surface area contributed by atoms with Crippen molar-refractivity contribution in [1.82, 2.24) is 4.90 Å². The highest BCUT2D eigenvalue weighted by Crippen LogP contribution is 2.21. The molecule has 1 heterocycles. The summed E-state index contributed by atoms with van der Waals surface area (Å²) in [6, 6.07) is 16.3. The zero-order valence-corrected chi connectivity index (χ0v) is 11.7. The molecule has 1 aliphatic heterocycles. The normalized spacial score (nSPS) is 12.1. The Morgan fingerprint density at radius 1 is 0.773 bits per heavy atom. The van der Waals surface area contributed by atoms with Crippen LogP contribution in [0.5, 0.6) is 0 Å². The van der Waals surface area contributed by atoms with Crippen molar-refractivity contribution in [1.29, 1.82) is 0 Å². The number of benzene rings is 2. The van der Waals surface area contributed by atoms with E-state index in [1.165, 1.54) is 0 Å². The summed E-state index contributed by atoms with van der Waals surface area (Å²) in [4.78, 5) is 25.3. The minimum Gasteiger partial charge on any atom is -0.269 e. The summed E-state index contributed by atoms with van der Waals surface area (Å²) in [7, 11) is 0. The van der Waals surface area contributed by atoms with Gasteiger partial charge in [0.05, 0.1) is 17.7 Å². The smallest absolute Gasteiger partial charge is 0.262 e. The third-order valence-electron chi connectivity index (χ3n) is 3.25. The molecule has 0 radical (unpaired) electrons. The van der Waals surface area contributed by atoms with Gasteiger partial charge < -0.3 is 0 Å². The average Bonchev–Trinajstić information content (AvgIpc) is 2.81. The molecule has 0 spiro atoms. The summed E-state index contributed by atoms with van der Waals surface area (Å²) >= 11 is 0. The van der Waals surface area contributed by atoms with Crippen LogP contribution in [0.15, 0.2) is 54.6 Å². The molecule has 2 aromatic carbocycles. The molecule has 1 aliphatic rings. The van der Waals surface area contributed by atoms with E-state index in [0.29, 0.717) is 11.1 Å². The minimum atomic E-state index is -0.300. The second-order valence-electron chi connectivity index (χ2n) is 4.66. The van der Waals surface area contributed by atoms with Gasteiger partial charge in [0.1, 0.15) is 0 Å². The summed E-state index contributed by atoms with van der Waals surface area (Å²) in [5.74, 6) is 10.4. The zero-order chi connectivity index (χ0) is 15.4. The fourth-order valence-corrected chi connectivity index (χ4v) is 2.17. The largest absolute Gasteiger partial charge is 0.269 e. The number of hydrogen-bond acceptors (Lipinski definition) is 2. The zero-order valence-electron chi connectivity index (χ0n) is 11.7. The lowest BCUT2D eigenvalue weighted by molar-refractivity contribution is 0.0675. The number of imide groups is 1. The topological polar surface area (TPSA) is 37.4 Å². The Morgan fingerprint density at radius 2 is 1.36 bits per heavy atom. The molecule has 22 heavy (non-hydrogen) atoms. The highest BCUT2D eigenvalue weighted by Gasteiger charge is 2.34. The molecule has 0 unspecified atom stereocenters. The maximum absolute atomic E-state index is 12.1. The highest BCUT2D eigenvalue weighted by atomic mass is 16.2. The molecule has 0 atom stereocenters. The molecule has 0 aliphatic carbocycles. The molecular formula is C19H11NO2. The van der Waals surface area contributed by atoms with Crippen molar-refractivity contribution >= 4 is 11.8 Å². The van der Waals surface area contributed by atoms with Crippen molar-refractivity contribution in [3.8, 4) is 23.7 Å². The van der Waals surface area contributed by atoms with Gasteiger partial charge in [0.15, 0.2) is 0 Å². The van der Waals surface area contributed by atoms with E-state index in [0.717, 1.165) is 10.5 Å². The predicted octanol–water partition coefficient (Wildman–Crippen LogP) is 2.34. The third-order valence-corrected chi connectivity index (χ3v) is 3.25. The third kappa shape index (κ3) is 2.61. The van der Waals surface area contributed by atoms with Crippen LogP contribution in [0.25, 0.3) is 0 Å². The van der Waals surface area contributed by atoms with Crippen LogP contribution in [0.3, 0.4) is 0 Å². The van der Waals surface area contributed by atoms with Gasteiger partial charge in [-0.3, -0.25) is 14.5 Å². The molecule has 3 heteroatoms. The van der Waals surface area contributed by atoms with E-state index in [9.17, 15) is 9.59 Å². The maximum Gasteiger partial charge on any atom is 0.262 e. The van der Waals surface area contributed by atoms with Crippen LogP contribution in [0.1, 0.15) is 26.3 Å². The minimum absolute atomic E-state index is 0.0514. The van der Waals surface area contributed by atoms with Gasteiger partial charge in [-0.05, 0) is 36.1 Å². The first kappa shape index (κ1) is 13.7. The van der Waals surface area contributed by atoms with E-state index < -0.39 is 0 Å². The fraction of sp³-hybridized carbons (Fsp3) is 0.0526. The van der Waals surface area contributed by atoms with Gasteiger partial charge in [0.2, 0.25) is 0 Å². The van der Waals surface area contributed by atoms with Crippen LogP contribution < -0.4 is 0 Å². The monoisotopic (exact) mass is 285 g/mol. The predicted molar refractivity (Wildman–Crippen MR) is 82.9 cm³/mol. The van der Waals surface area contributed by atoms with Crippen LogP contribution in [0.4, 0.5) is 0 Å². The lowest BCUT2D eigenvalue weighted by Gasteiger charge is -2.08. The van der Waals surface area contributed by atoms with Crippen molar-refractivity contribution in [2.24, 2.45) is 0 Å². The van der Waals surface area contributed by atoms with Gasteiger partial charge in [-0.1, -0.05) is 42.2 Å². The number of carbonyl (C=O) groups is 2. The van der Waals surface area contributed by atoms with Gasteiger partial charge in [-0.15, -0.1) is 0 Å². The van der Waals surface area contributed by atoms with E-state index in [4.69, 9.17) is 0 Å². The van der Waals surface area contributed by atoms with Gasteiger partial charge in [0, 0.05) is 5.56 Å². The van der Waals surface area contributed by atoms with Crippen molar-refractivity contribution in [3.05, 3.63) is 71.3 Å². The van der Waals surface area contributed by atoms with Crippen molar-refractivity contribution in [3.63, 3.8) is 0 Å². The molecule has 0 aromatic heterocycles. The molecule has 2 aromatic rings. The Kier molecular flexibility index (Phi) is 3.72. The van der Waals surface area contributed by atoms with E-state index in [1.807, 2.05) is 30.3 Å². The summed E-state index contributed by atoms with van der Waals surface area (Å²) in [5.41, 5.74) is 1.74. The van der Waals surface area contributed by atoms with Crippen molar-refractivity contribution < 1.29 is 9.59 Å². The molecule has 0 saturated carbocycles. The van der Waals surface area contributed by atoms with Gasteiger partial charge >= 0.3 is 0 Å². The lowest BCUT2D eigenvalue weighted by atomic mass is 10.1. The first-order valence-electron chi connectivity index (χ1n) is 6.76. The highest BCUT2D eigenvalue weighted by molar-refractivity contribution is 6.21. The first-order chi connectivity index (χ1) is 10.8. The molecule has 104 valence electrons. The van der Waals surface area contributed by atoms with E-state index >= 15 is 0 Å². The molecule has 3 rings (SSSR count). The fourth-order valence-electron chi connectivity index (χ4n) is 2.17. The number of fused-ring (bicyclic) bond motifs is 1. The SMILES string of the molecule is O=C1c2ccccc2C(=O)N1CC#CC#Cc1ccccc1. The number of carbonyl (C=O) groups excluding carboxylic acids is 2. The van der Waals surface area contributed by atoms with Crippen molar-refractivity contribution in [2.45, 2.75) is 0 Å². The number of nitrogens with zero attached hydrogens (tertiary/aromatic N) is 1. The molecule has 2 amide bonds. The van der Waals surface area contributed by atoms with E-state index in [-0.39, 0.29) is 18.4 Å². The maximum atomic E-state index is 12.1. The Morgan fingerprint density at radius 3 is 2.00 bits per heavy atom. The molecule has 0 N–H and O–H groups in total. The quantitative estimate of drug-likeness (QED) is 0.596. The van der Waals surface area contributed by atoms with Crippen molar-refractivity contribution in [2.75, 3.05) is 6.54 Å². The molecular weight excluding hydrogens is 274 g/mol. The van der Waals surface area contributed by atoms with Crippen LogP contribution in [-0.2, 0) is 0 Å². The average molecular weight is 285 g/mol. The standard InChI is InChI=1S/C19H11NO2/c21-18-16-12-6-7-13-17(16)19(22)20(18)14-8-2-5-11-15-9-3-1-4-10-15/h1,3-4,6-7,9-10,12-13H,14H2. The number of amides is 2. The summed E-state index contributed by atoms with van der Waals surface area (Å²) in [6.07, 6.45) is 0. The van der Waals surface area contributed by atoms with Crippen LogP contribution in [-0.4, -0.2) is 23.3 Å². The van der Waals surface area contributed by atoms with E-state index in [2.05, 4.69) is 23.7 Å². The Balaban J connectivity index is 1.70. The van der Waals surface area contributed by atoms with Gasteiger partial charge in [-0.25, -0.2) is 0 Å². The summed E-state index contributed by atoms with van der Waals surface area (Å²) in [5, 5.41) is 0. The van der Waals surface area contributed by atoms with Gasteiger partial charge in [-0.2, -0.15) is 0 Å². The molecule has 0 bridgehead atoms. The molecule has 0 saturated heterocycles. The number of rotatable bonds is 1. The molecule has 0 fully saturated rings. The lowest BCUT2D eigenvalue weighted by Crippen LogP contribution is -2.29. The summed E-state index contributed by atoms with van der Waals surface area (Å²) in [6.45, 7) is 0.0514. The number of hydrogen-bond donors (Lipinski definition) is 0. The van der Waals surface area contributed by atoms with Gasteiger partial charge in [0.25, 0.3) is 11.8 Å². The summed E-state index contributed by atoms with van der Waals surface area (Å²) < 4.78 is 0. The van der Waals surface area contributed by atoms with Crippen LogP contribution >= 0.6 is 0 Å². The Labute approximate surface area is 128 Å².